The number of hydrogen-bond acceptors (Lipinski definition) is 8. The molecular formula is C18H20N2O7S. The molecule has 2 aliphatic rings. The van der Waals surface area contributed by atoms with Crippen LogP contribution in [0.3, 0.4) is 0 Å². The number of carbonyl (C=O) groups excluding carboxylic acids is 3. The summed E-state index contributed by atoms with van der Waals surface area (Å²) < 4.78 is 10.3. The van der Waals surface area contributed by atoms with Crippen molar-refractivity contribution in [2.75, 3.05) is 12.4 Å². The molecule has 28 heavy (non-hydrogen) atoms. The number of nitro benzene ring substituents is 1. The van der Waals surface area contributed by atoms with E-state index < -0.39 is 16.9 Å². The number of β-lactam (4-membered cyclic amide) rings is 1. The van der Waals surface area contributed by atoms with Crippen LogP contribution in [0.25, 0.3) is 0 Å². The third kappa shape index (κ3) is 4.44. The van der Waals surface area contributed by atoms with Crippen molar-refractivity contribution in [1.29, 1.82) is 0 Å². The van der Waals surface area contributed by atoms with Crippen LogP contribution in [0.5, 0.6) is 0 Å². The van der Waals surface area contributed by atoms with Crippen molar-refractivity contribution in [2.24, 2.45) is 0 Å². The van der Waals surface area contributed by atoms with E-state index in [0.717, 1.165) is 0 Å². The van der Waals surface area contributed by atoms with Crippen molar-refractivity contribution in [3.63, 3.8) is 0 Å². The molecule has 0 aliphatic carbocycles. The first-order valence-electron chi connectivity index (χ1n) is 8.83. The van der Waals surface area contributed by atoms with Crippen molar-refractivity contribution in [3.05, 3.63) is 39.9 Å². The molecule has 9 nitrogen and oxygen atoms in total. The van der Waals surface area contributed by atoms with E-state index in [4.69, 9.17) is 9.47 Å². The molecule has 1 aromatic carbocycles. The monoisotopic (exact) mass is 408 g/mol. The highest BCUT2D eigenvalue weighted by Gasteiger charge is 2.54. The van der Waals surface area contributed by atoms with Gasteiger partial charge in [-0.1, -0.05) is 0 Å². The van der Waals surface area contributed by atoms with Gasteiger partial charge in [-0.15, -0.1) is 0 Å². The van der Waals surface area contributed by atoms with Gasteiger partial charge in [0.15, 0.2) is 0 Å². The highest BCUT2D eigenvalue weighted by Crippen LogP contribution is 2.41. The Hall–Kier alpha value is -2.62. The summed E-state index contributed by atoms with van der Waals surface area (Å²) in [5, 5.41) is 10.6. The second-order valence-electron chi connectivity index (χ2n) is 6.62. The number of carbonyl (C=O) groups is 3. The Labute approximate surface area is 165 Å². The normalized spacial score (nSPS) is 23.0. The summed E-state index contributed by atoms with van der Waals surface area (Å²) in [4.78, 5) is 47.2. The van der Waals surface area contributed by atoms with Gasteiger partial charge in [-0.2, -0.15) is 11.8 Å². The molecule has 0 saturated carbocycles. The Morgan fingerprint density at radius 1 is 1.29 bits per heavy atom. The Kier molecular flexibility index (Phi) is 6.18. The van der Waals surface area contributed by atoms with E-state index in [-0.39, 0.29) is 42.1 Å². The molecule has 1 unspecified atom stereocenters. The van der Waals surface area contributed by atoms with Crippen LogP contribution in [0.2, 0.25) is 0 Å². The van der Waals surface area contributed by atoms with Crippen molar-refractivity contribution in [2.45, 2.75) is 43.7 Å². The van der Waals surface area contributed by atoms with E-state index in [1.54, 1.807) is 4.90 Å². The minimum atomic E-state index is -0.661. The lowest BCUT2D eigenvalue weighted by atomic mass is 10.0. The van der Waals surface area contributed by atoms with Crippen LogP contribution >= 0.6 is 11.8 Å². The average molecular weight is 408 g/mol. The number of nitro groups is 1. The number of fused-ring (bicyclic) bond motifs is 1. The number of rotatable bonds is 8. The first kappa shape index (κ1) is 20.1. The molecule has 10 heteroatoms. The van der Waals surface area contributed by atoms with Gasteiger partial charge in [-0.3, -0.25) is 19.7 Å². The van der Waals surface area contributed by atoms with E-state index in [1.165, 1.54) is 43.0 Å². The average Bonchev–Trinajstić information content (AvgIpc) is 2.95. The Morgan fingerprint density at radius 3 is 2.61 bits per heavy atom. The quantitative estimate of drug-likeness (QED) is 0.210. The molecule has 3 rings (SSSR count). The standard InChI is InChI=1S/C18H20N2O7S/c1-11(21)26-6-7-28-15-8-14-9-16(22)19(14)17(15)18(23)27-10-12-2-4-13(5-3-12)20(24)25/h2-5,14-15,17H,6-10H2,1H3/t14?,15-,17-/m0/s1. The number of esters is 2. The Morgan fingerprint density at radius 2 is 2.00 bits per heavy atom. The number of hydrogen-bond donors (Lipinski definition) is 0. The minimum absolute atomic E-state index is 0.0230. The first-order valence-corrected chi connectivity index (χ1v) is 9.88. The van der Waals surface area contributed by atoms with Crippen LogP contribution in [0.15, 0.2) is 24.3 Å². The van der Waals surface area contributed by atoms with E-state index >= 15 is 0 Å². The topological polar surface area (TPSA) is 116 Å². The molecular weight excluding hydrogens is 388 g/mol. The Balaban J connectivity index is 1.57. The Bertz CT molecular complexity index is 783. The maximum atomic E-state index is 12.7. The second kappa shape index (κ2) is 8.59. The van der Waals surface area contributed by atoms with Gasteiger partial charge in [0.05, 0.1) is 4.92 Å². The second-order valence-corrected chi connectivity index (χ2v) is 7.97. The predicted octanol–water partition coefficient (Wildman–Crippen LogP) is 1.68. The lowest BCUT2D eigenvalue weighted by molar-refractivity contribution is -0.384. The fraction of sp³-hybridized carbons (Fsp3) is 0.500. The number of amides is 1. The predicted molar refractivity (Wildman–Crippen MR) is 99.4 cm³/mol. The molecule has 150 valence electrons. The van der Waals surface area contributed by atoms with E-state index in [1.807, 2.05) is 0 Å². The number of nitrogens with zero attached hydrogens (tertiary/aromatic N) is 2. The van der Waals surface area contributed by atoms with Crippen LogP contribution in [0.4, 0.5) is 5.69 Å². The fourth-order valence-electron chi connectivity index (χ4n) is 3.42. The molecule has 0 aromatic heterocycles. The van der Waals surface area contributed by atoms with Crippen LogP contribution in [-0.2, 0) is 30.5 Å². The molecule has 0 bridgehead atoms. The van der Waals surface area contributed by atoms with Gasteiger partial charge in [0.25, 0.3) is 5.69 Å². The zero-order valence-electron chi connectivity index (χ0n) is 15.2. The molecule has 0 N–H and O–H groups in total. The van der Waals surface area contributed by atoms with Gasteiger partial charge in [-0.05, 0) is 24.1 Å². The lowest BCUT2D eigenvalue weighted by Gasteiger charge is -2.37. The van der Waals surface area contributed by atoms with Crippen LogP contribution in [0.1, 0.15) is 25.3 Å². The summed E-state index contributed by atoms with van der Waals surface area (Å²) in [5.41, 5.74) is 0.589. The third-order valence-electron chi connectivity index (χ3n) is 4.74. The summed E-state index contributed by atoms with van der Waals surface area (Å²) in [6.45, 7) is 1.56. The zero-order valence-corrected chi connectivity index (χ0v) is 16.1. The van der Waals surface area contributed by atoms with Gasteiger partial charge >= 0.3 is 11.9 Å². The van der Waals surface area contributed by atoms with Crippen molar-refractivity contribution >= 4 is 35.3 Å². The lowest BCUT2D eigenvalue weighted by Crippen LogP contribution is -2.55. The number of benzene rings is 1. The maximum Gasteiger partial charge on any atom is 0.330 e. The van der Waals surface area contributed by atoms with Gasteiger partial charge in [0.2, 0.25) is 5.91 Å². The van der Waals surface area contributed by atoms with Gasteiger partial charge < -0.3 is 14.4 Å². The first-order chi connectivity index (χ1) is 13.4. The van der Waals surface area contributed by atoms with E-state index in [9.17, 15) is 24.5 Å². The largest absolute Gasteiger partial charge is 0.465 e. The number of thioether (sulfide) groups is 1. The summed E-state index contributed by atoms with van der Waals surface area (Å²) in [6, 6.07) is 5.15. The molecule has 2 saturated heterocycles. The molecule has 3 atom stereocenters. The van der Waals surface area contributed by atoms with Crippen LogP contribution in [0, 0.1) is 10.1 Å². The van der Waals surface area contributed by atoms with Crippen LogP contribution in [-0.4, -0.2) is 57.4 Å². The summed E-state index contributed by atoms with van der Waals surface area (Å²) in [7, 11) is 0. The zero-order chi connectivity index (χ0) is 20.3. The molecule has 2 aliphatic heterocycles. The van der Waals surface area contributed by atoms with Crippen molar-refractivity contribution in [1.82, 2.24) is 4.90 Å². The summed E-state index contributed by atoms with van der Waals surface area (Å²) in [6.07, 6.45) is 1.14. The van der Waals surface area contributed by atoms with E-state index in [2.05, 4.69) is 0 Å². The third-order valence-corrected chi connectivity index (χ3v) is 6.02. The molecule has 1 aromatic rings. The summed E-state index contributed by atoms with van der Waals surface area (Å²) in [5.74, 6) is -0.375. The molecule has 2 heterocycles. The van der Waals surface area contributed by atoms with Gasteiger partial charge in [0.1, 0.15) is 19.3 Å². The van der Waals surface area contributed by atoms with Crippen molar-refractivity contribution in [3.8, 4) is 0 Å². The fourth-order valence-corrected chi connectivity index (χ4v) is 4.68. The highest BCUT2D eigenvalue weighted by molar-refractivity contribution is 8.00. The number of ether oxygens (including phenoxy) is 2. The number of non-ortho nitro benzene ring substituents is 1. The maximum absolute atomic E-state index is 12.7. The molecule has 0 spiro atoms. The van der Waals surface area contributed by atoms with Gasteiger partial charge in [-0.25, -0.2) is 4.79 Å². The molecule has 2 fully saturated rings. The SMILES string of the molecule is CC(=O)OCCS[C@H]1CC2CC(=O)N2[C@@H]1C(=O)OCc1ccc([N+](=O)[O-])cc1. The van der Waals surface area contributed by atoms with Crippen molar-refractivity contribution < 1.29 is 28.8 Å². The van der Waals surface area contributed by atoms with E-state index in [0.29, 0.717) is 24.2 Å². The highest BCUT2D eigenvalue weighted by atomic mass is 32.2. The smallest absolute Gasteiger partial charge is 0.330 e. The minimum Gasteiger partial charge on any atom is -0.465 e. The molecule has 1 amide bonds. The van der Waals surface area contributed by atoms with Gasteiger partial charge in [0, 0.05) is 42.5 Å². The van der Waals surface area contributed by atoms with Crippen LogP contribution < -0.4 is 0 Å². The summed E-state index contributed by atoms with van der Waals surface area (Å²) >= 11 is 1.49. The molecule has 0 radical (unpaired) electrons.